The van der Waals surface area contributed by atoms with Crippen LogP contribution in [0, 0.1) is 5.92 Å². The van der Waals surface area contributed by atoms with Gasteiger partial charge >= 0.3 is 0 Å². The molecule has 0 heterocycles. The van der Waals surface area contributed by atoms with Gasteiger partial charge in [-0.2, -0.15) is 0 Å². The minimum atomic E-state index is 0.261. The van der Waals surface area contributed by atoms with Crippen LogP contribution in [-0.4, -0.2) is 11.7 Å². The van der Waals surface area contributed by atoms with Gasteiger partial charge in [0.25, 0.3) is 0 Å². The van der Waals surface area contributed by atoms with Crippen molar-refractivity contribution in [2.75, 3.05) is 6.61 Å². The average Bonchev–Trinajstić information content (AvgIpc) is 2.04. The van der Waals surface area contributed by atoms with Crippen LogP contribution in [-0.2, 0) is 0 Å². The molecule has 0 rings (SSSR count). The van der Waals surface area contributed by atoms with Crippen molar-refractivity contribution >= 4 is 0 Å². The molecule has 0 aromatic heterocycles. The summed E-state index contributed by atoms with van der Waals surface area (Å²) in [6.07, 6.45) is 9.67. The lowest BCUT2D eigenvalue weighted by molar-refractivity contribution is 0.302. The summed E-state index contributed by atoms with van der Waals surface area (Å²) in [5.41, 5.74) is 1.39. The SMILES string of the molecule is CC(C)=CCC[C@@H](C)/C=C/CCO. The van der Waals surface area contributed by atoms with Crippen molar-refractivity contribution < 1.29 is 5.11 Å². The monoisotopic (exact) mass is 182 g/mol. The van der Waals surface area contributed by atoms with Gasteiger partial charge in [0.15, 0.2) is 0 Å². The van der Waals surface area contributed by atoms with Gasteiger partial charge in [-0.05, 0) is 39.0 Å². The van der Waals surface area contributed by atoms with E-state index < -0.39 is 0 Å². The lowest BCUT2D eigenvalue weighted by Gasteiger charge is -2.02. The van der Waals surface area contributed by atoms with E-state index in [9.17, 15) is 0 Å². The molecule has 0 aromatic rings. The van der Waals surface area contributed by atoms with Crippen molar-refractivity contribution in [2.24, 2.45) is 5.92 Å². The Bertz CT molecular complexity index is 164. The maximum absolute atomic E-state index is 8.57. The molecule has 1 atom stereocenters. The predicted octanol–water partition coefficient (Wildman–Crippen LogP) is 3.31. The smallest absolute Gasteiger partial charge is 0.0465 e. The number of hydrogen-bond acceptors (Lipinski definition) is 1. The summed E-state index contributed by atoms with van der Waals surface area (Å²) in [5, 5.41) is 8.57. The van der Waals surface area contributed by atoms with Crippen LogP contribution >= 0.6 is 0 Å². The van der Waals surface area contributed by atoms with Crippen LogP contribution in [0.1, 0.15) is 40.0 Å². The van der Waals surface area contributed by atoms with E-state index in [0.717, 1.165) is 12.8 Å². The Kier molecular flexibility index (Phi) is 7.71. The van der Waals surface area contributed by atoms with Crippen molar-refractivity contribution in [3.05, 3.63) is 23.8 Å². The van der Waals surface area contributed by atoms with Crippen molar-refractivity contribution in [3.8, 4) is 0 Å². The largest absolute Gasteiger partial charge is 0.396 e. The quantitative estimate of drug-likeness (QED) is 0.625. The van der Waals surface area contributed by atoms with Crippen LogP contribution < -0.4 is 0 Å². The molecular weight excluding hydrogens is 160 g/mol. The first-order chi connectivity index (χ1) is 6.16. The van der Waals surface area contributed by atoms with Crippen molar-refractivity contribution in [2.45, 2.75) is 40.0 Å². The van der Waals surface area contributed by atoms with Crippen LogP contribution in [0.15, 0.2) is 23.8 Å². The highest BCUT2D eigenvalue weighted by atomic mass is 16.2. The average molecular weight is 182 g/mol. The third-order valence-corrected chi connectivity index (χ3v) is 1.93. The number of aliphatic hydroxyl groups excluding tert-OH is 1. The highest BCUT2D eigenvalue weighted by Crippen LogP contribution is 2.09. The van der Waals surface area contributed by atoms with Gasteiger partial charge in [-0.3, -0.25) is 0 Å². The van der Waals surface area contributed by atoms with Crippen molar-refractivity contribution in [1.82, 2.24) is 0 Å². The summed E-state index contributed by atoms with van der Waals surface area (Å²) in [6.45, 7) is 6.74. The molecule has 0 aromatic carbocycles. The second-order valence-corrected chi connectivity index (χ2v) is 3.78. The Morgan fingerprint density at radius 2 is 2.00 bits per heavy atom. The summed E-state index contributed by atoms with van der Waals surface area (Å²) in [4.78, 5) is 0. The standard InChI is InChI=1S/C12H22O/c1-11(2)7-6-9-12(3)8-4-5-10-13/h4,7-8,12-13H,5-6,9-10H2,1-3H3/b8-4+/t12-/m0/s1. The second-order valence-electron chi connectivity index (χ2n) is 3.78. The van der Waals surface area contributed by atoms with Crippen LogP contribution in [0.3, 0.4) is 0 Å². The maximum Gasteiger partial charge on any atom is 0.0465 e. The number of aliphatic hydroxyl groups is 1. The molecule has 0 amide bonds. The number of allylic oxidation sites excluding steroid dienone is 3. The van der Waals surface area contributed by atoms with E-state index in [-0.39, 0.29) is 6.61 Å². The molecule has 0 saturated heterocycles. The Labute approximate surface area is 82.2 Å². The predicted molar refractivity (Wildman–Crippen MR) is 58.7 cm³/mol. The molecule has 0 aliphatic heterocycles. The van der Waals surface area contributed by atoms with Crippen LogP contribution in [0.5, 0.6) is 0 Å². The minimum Gasteiger partial charge on any atom is -0.396 e. The molecule has 0 spiro atoms. The highest BCUT2D eigenvalue weighted by molar-refractivity contribution is 4.94. The molecular formula is C12H22O. The zero-order valence-corrected chi connectivity index (χ0v) is 9.09. The molecule has 0 fully saturated rings. The molecule has 76 valence electrons. The van der Waals surface area contributed by atoms with Crippen LogP contribution in [0.4, 0.5) is 0 Å². The fourth-order valence-corrected chi connectivity index (χ4v) is 1.13. The second kappa shape index (κ2) is 8.06. The first-order valence-corrected chi connectivity index (χ1v) is 5.07. The fraction of sp³-hybridized carbons (Fsp3) is 0.667. The lowest BCUT2D eigenvalue weighted by atomic mass is 10.0. The first-order valence-electron chi connectivity index (χ1n) is 5.07. The Balaban J connectivity index is 3.51. The zero-order chi connectivity index (χ0) is 10.1. The molecule has 0 aliphatic carbocycles. The summed E-state index contributed by atoms with van der Waals surface area (Å²) in [6, 6.07) is 0. The highest BCUT2D eigenvalue weighted by Gasteiger charge is 1.94. The summed E-state index contributed by atoms with van der Waals surface area (Å²) in [5.74, 6) is 0.627. The molecule has 0 saturated carbocycles. The summed E-state index contributed by atoms with van der Waals surface area (Å²) >= 11 is 0. The van der Waals surface area contributed by atoms with Gasteiger partial charge in [-0.25, -0.2) is 0 Å². The molecule has 1 N–H and O–H groups in total. The van der Waals surface area contributed by atoms with Gasteiger partial charge in [-0.1, -0.05) is 30.7 Å². The Morgan fingerprint density at radius 1 is 1.31 bits per heavy atom. The van der Waals surface area contributed by atoms with Gasteiger partial charge in [-0.15, -0.1) is 0 Å². The van der Waals surface area contributed by atoms with E-state index in [1.165, 1.54) is 12.0 Å². The van der Waals surface area contributed by atoms with E-state index in [4.69, 9.17) is 5.11 Å². The Hall–Kier alpha value is -0.560. The van der Waals surface area contributed by atoms with Gasteiger partial charge in [0.1, 0.15) is 0 Å². The summed E-state index contributed by atoms with van der Waals surface area (Å²) in [7, 11) is 0. The third-order valence-electron chi connectivity index (χ3n) is 1.93. The van der Waals surface area contributed by atoms with Crippen LogP contribution in [0.25, 0.3) is 0 Å². The summed E-state index contributed by atoms with van der Waals surface area (Å²) < 4.78 is 0. The number of rotatable bonds is 6. The Morgan fingerprint density at radius 3 is 2.54 bits per heavy atom. The molecule has 1 nitrogen and oxygen atoms in total. The van der Waals surface area contributed by atoms with Crippen LogP contribution in [0.2, 0.25) is 0 Å². The van der Waals surface area contributed by atoms with Gasteiger partial charge < -0.3 is 5.11 Å². The van der Waals surface area contributed by atoms with E-state index >= 15 is 0 Å². The fourth-order valence-electron chi connectivity index (χ4n) is 1.13. The van der Waals surface area contributed by atoms with Crippen molar-refractivity contribution in [3.63, 3.8) is 0 Å². The third kappa shape index (κ3) is 9.35. The molecule has 13 heavy (non-hydrogen) atoms. The van der Waals surface area contributed by atoms with Gasteiger partial charge in [0.05, 0.1) is 0 Å². The van der Waals surface area contributed by atoms with E-state index in [1.54, 1.807) is 0 Å². The van der Waals surface area contributed by atoms with E-state index in [2.05, 4.69) is 39.0 Å². The molecule has 0 unspecified atom stereocenters. The van der Waals surface area contributed by atoms with Gasteiger partial charge in [0.2, 0.25) is 0 Å². The topological polar surface area (TPSA) is 20.2 Å². The van der Waals surface area contributed by atoms with E-state index in [0.29, 0.717) is 5.92 Å². The molecule has 0 bridgehead atoms. The normalized spacial score (nSPS) is 13.2. The maximum atomic E-state index is 8.57. The molecule has 0 radical (unpaired) electrons. The minimum absolute atomic E-state index is 0.261. The first kappa shape index (κ1) is 12.4. The molecule has 1 heteroatoms. The molecule has 0 aliphatic rings. The zero-order valence-electron chi connectivity index (χ0n) is 9.09. The van der Waals surface area contributed by atoms with Gasteiger partial charge in [0, 0.05) is 6.61 Å². The number of hydrogen-bond donors (Lipinski definition) is 1. The van der Waals surface area contributed by atoms with E-state index in [1.807, 2.05) is 0 Å². The van der Waals surface area contributed by atoms with Crippen molar-refractivity contribution in [1.29, 1.82) is 0 Å². The lowest BCUT2D eigenvalue weighted by Crippen LogP contribution is -1.88.